The molecule has 2 saturated heterocycles. The first kappa shape index (κ1) is 33.3. The van der Waals surface area contributed by atoms with Gasteiger partial charge in [-0.1, -0.05) is 30.3 Å². The summed E-state index contributed by atoms with van der Waals surface area (Å²) >= 11 is 0. The van der Waals surface area contributed by atoms with Crippen molar-refractivity contribution in [2.45, 2.75) is 51.4 Å². The summed E-state index contributed by atoms with van der Waals surface area (Å²) < 4.78 is 57.2. The molecule has 14 heteroatoms. The zero-order chi connectivity index (χ0) is 35.0. The van der Waals surface area contributed by atoms with Crippen molar-refractivity contribution in [1.29, 1.82) is 0 Å². The number of aryl methyl sites for hydroxylation is 1. The standard InChI is InChI=1S/C36H37F3N8O3/c1-3-49-33(48)28-20-35(21-42-28)11-15-46(16-12-35)30-19-31(44-34(40)43-30)50-32(36(37,38)39)26-9-8-25(18-29(26)47-14-10-22(2)45-47)24-7-6-23-5-4-13-41-27(23)17-24/h4-10,13-14,17-19,28,32,42H,3,11-12,15-16,20-21H2,1-2H3,(H2,40,43,44)/t28-,32+/m0/s1. The predicted octanol–water partition coefficient (Wildman–Crippen LogP) is 5.96. The van der Waals surface area contributed by atoms with E-state index in [1.54, 1.807) is 44.4 Å². The van der Waals surface area contributed by atoms with Gasteiger partial charge in [0.15, 0.2) is 0 Å². The fourth-order valence-corrected chi connectivity index (χ4v) is 6.94. The van der Waals surface area contributed by atoms with Gasteiger partial charge in [0.25, 0.3) is 0 Å². The van der Waals surface area contributed by atoms with E-state index in [0.717, 1.165) is 29.3 Å². The molecule has 0 aliphatic carbocycles. The number of hydrogen-bond acceptors (Lipinski definition) is 10. The first-order chi connectivity index (χ1) is 24.0. The molecule has 2 fully saturated rings. The van der Waals surface area contributed by atoms with Gasteiger partial charge in [-0.25, -0.2) is 4.68 Å². The minimum Gasteiger partial charge on any atom is -0.465 e. The number of esters is 1. The van der Waals surface area contributed by atoms with Crippen molar-refractivity contribution in [3.63, 3.8) is 0 Å². The molecule has 11 nitrogen and oxygen atoms in total. The van der Waals surface area contributed by atoms with Crippen LogP contribution in [0.25, 0.3) is 27.7 Å². The van der Waals surface area contributed by atoms with E-state index in [2.05, 4.69) is 25.4 Å². The van der Waals surface area contributed by atoms with Crippen LogP contribution in [0.1, 0.15) is 43.5 Å². The summed E-state index contributed by atoms with van der Waals surface area (Å²) in [5, 5.41) is 8.68. The Balaban J connectivity index is 1.17. The van der Waals surface area contributed by atoms with Crippen molar-refractivity contribution < 1.29 is 27.4 Å². The normalized spacial score (nSPS) is 18.0. The average molecular weight is 687 g/mol. The Labute approximate surface area is 286 Å². The average Bonchev–Trinajstić information content (AvgIpc) is 3.73. The van der Waals surface area contributed by atoms with Crippen LogP contribution < -0.4 is 20.7 Å². The van der Waals surface area contributed by atoms with Crippen molar-refractivity contribution in [2.24, 2.45) is 5.41 Å². The largest absolute Gasteiger partial charge is 0.465 e. The zero-order valence-electron chi connectivity index (χ0n) is 27.7. The number of aromatic nitrogens is 5. The Morgan fingerprint density at radius 1 is 1.08 bits per heavy atom. The van der Waals surface area contributed by atoms with Gasteiger partial charge in [0, 0.05) is 49.0 Å². The van der Waals surface area contributed by atoms with Crippen LogP contribution in [0.5, 0.6) is 5.88 Å². The number of rotatable bonds is 8. The maximum absolute atomic E-state index is 15.0. The first-order valence-corrected chi connectivity index (χ1v) is 16.5. The van der Waals surface area contributed by atoms with Crippen LogP contribution in [0.3, 0.4) is 0 Å². The van der Waals surface area contributed by atoms with Crippen LogP contribution in [0, 0.1) is 12.3 Å². The third-order valence-electron chi connectivity index (χ3n) is 9.54. The Kier molecular flexibility index (Phi) is 8.80. The second kappa shape index (κ2) is 13.2. The van der Waals surface area contributed by atoms with Gasteiger partial charge in [-0.15, -0.1) is 0 Å². The zero-order valence-corrected chi connectivity index (χ0v) is 27.7. The Hall–Kier alpha value is -5.24. The van der Waals surface area contributed by atoms with E-state index in [1.165, 1.54) is 16.8 Å². The molecule has 0 amide bonds. The fourth-order valence-electron chi connectivity index (χ4n) is 6.94. The molecule has 2 atom stereocenters. The lowest BCUT2D eigenvalue weighted by atomic mass is 9.76. The highest BCUT2D eigenvalue weighted by atomic mass is 19.4. The van der Waals surface area contributed by atoms with Gasteiger partial charge in [0.2, 0.25) is 17.9 Å². The van der Waals surface area contributed by atoms with Crippen LogP contribution >= 0.6 is 0 Å². The molecule has 0 unspecified atom stereocenters. The molecule has 0 radical (unpaired) electrons. The second-order valence-electron chi connectivity index (χ2n) is 12.9. The molecular weight excluding hydrogens is 649 g/mol. The van der Waals surface area contributed by atoms with E-state index < -0.39 is 12.3 Å². The van der Waals surface area contributed by atoms with E-state index in [0.29, 0.717) is 49.7 Å². The molecule has 260 valence electrons. The number of ether oxygens (including phenoxy) is 2. The van der Waals surface area contributed by atoms with Crippen LogP contribution in [-0.4, -0.2) is 69.2 Å². The number of piperidine rings is 1. The van der Waals surface area contributed by atoms with Gasteiger partial charge in [-0.2, -0.15) is 28.2 Å². The summed E-state index contributed by atoms with van der Waals surface area (Å²) in [6.07, 6.45) is -1.73. The molecule has 2 aromatic carbocycles. The lowest BCUT2D eigenvalue weighted by Crippen LogP contribution is -2.41. The summed E-state index contributed by atoms with van der Waals surface area (Å²) in [5.41, 5.74) is 8.91. The van der Waals surface area contributed by atoms with E-state index in [1.807, 2.05) is 35.2 Å². The third kappa shape index (κ3) is 6.79. The number of halogens is 3. The monoisotopic (exact) mass is 686 g/mol. The summed E-state index contributed by atoms with van der Waals surface area (Å²) in [7, 11) is 0. The maximum Gasteiger partial charge on any atom is 0.429 e. The van der Waals surface area contributed by atoms with Gasteiger partial charge in [0.1, 0.15) is 11.9 Å². The number of carbonyl (C=O) groups is 1. The second-order valence-corrected chi connectivity index (χ2v) is 12.9. The van der Waals surface area contributed by atoms with Gasteiger partial charge >= 0.3 is 12.1 Å². The Bertz CT molecular complexity index is 2030. The fraction of sp³-hybridized carbons (Fsp3) is 0.361. The number of nitrogen functional groups attached to an aromatic ring is 1. The van der Waals surface area contributed by atoms with E-state index in [9.17, 15) is 18.0 Å². The molecule has 2 aliphatic rings. The molecule has 3 N–H and O–H groups in total. The number of anilines is 2. The van der Waals surface area contributed by atoms with Crippen molar-refractivity contribution in [3.8, 4) is 22.7 Å². The number of hydrogen-bond donors (Lipinski definition) is 2. The number of nitrogens with two attached hydrogens (primary N) is 1. The van der Waals surface area contributed by atoms with Crippen LogP contribution in [-0.2, 0) is 9.53 Å². The van der Waals surface area contributed by atoms with E-state index >= 15 is 0 Å². The van der Waals surface area contributed by atoms with Gasteiger partial charge in [-0.3, -0.25) is 9.78 Å². The molecule has 50 heavy (non-hydrogen) atoms. The molecule has 7 rings (SSSR count). The highest BCUT2D eigenvalue weighted by Crippen LogP contribution is 2.43. The molecule has 3 aromatic heterocycles. The van der Waals surface area contributed by atoms with Crippen molar-refractivity contribution >= 4 is 28.6 Å². The Morgan fingerprint density at radius 2 is 1.86 bits per heavy atom. The number of alkyl halides is 3. The number of nitrogens with zero attached hydrogens (tertiary/aromatic N) is 6. The topological polar surface area (TPSA) is 133 Å². The summed E-state index contributed by atoms with van der Waals surface area (Å²) in [6, 6.07) is 17.0. The minimum absolute atomic E-state index is 0.0794. The Morgan fingerprint density at radius 3 is 2.60 bits per heavy atom. The number of nitrogens with one attached hydrogen (secondary N) is 1. The number of carbonyl (C=O) groups excluding carboxylic acids is 1. The number of benzene rings is 2. The first-order valence-electron chi connectivity index (χ1n) is 16.5. The predicted molar refractivity (Wildman–Crippen MR) is 182 cm³/mol. The molecule has 1 spiro atoms. The van der Waals surface area contributed by atoms with E-state index in [-0.39, 0.29) is 40.5 Å². The van der Waals surface area contributed by atoms with Crippen molar-refractivity contribution in [2.75, 3.05) is 36.9 Å². The highest BCUT2D eigenvalue weighted by Gasteiger charge is 2.46. The number of fused-ring (bicyclic) bond motifs is 1. The molecule has 5 aromatic rings. The lowest BCUT2D eigenvalue weighted by molar-refractivity contribution is -0.198. The van der Waals surface area contributed by atoms with Crippen molar-refractivity contribution in [3.05, 3.63) is 84.3 Å². The lowest BCUT2D eigenvalue weighted by Gasteiger charge is -2.39. The van der Waals surface area contributed by atoms with Crippen molar-refractivity contribution in [1.82, 2.24) is 30.0 Å². The molecule has 2 aliphatic heterocycles. The molecule has 0 bridgehead atoms. The SMILES string of the molecule is CCOC(=O)[C@@H]1CC2(CCN(c3cc(O[C@H](c4ccc(-c5ccc6cccnc6c5)cc4-n4ccc(C)n4)C(F)(F)F)nc(N)n3)CC2)CN1. The molecular formula is C36H37F3N8O3. The third-order valence-corrected chi connectivity index (χ3v) is 9.54. The maximum atomic E-state index is 15.0. The van der Waals surface area contributed by atoms with Gasteiger partial charge in [-0.05, 0) is 73.9 Å². The molecule has 0 saturated carbocycles. The molecule has 5 heterocycles. The quantitative estimate of drug-likeness (QED) is 0.188. The minimum atomic E-state index is -4.83. The summed E-state index contributed by atoms with van der Waals surface area (Å²) in [4.78, 5) is 27.1. The summed E-state index contributed by atoms with van der Waals surface area (Å²) in [5.74, 6) is -0.374. The summed E-state index contributed by atoms with van der Waals surface area (Å²) in [6.45, 7) is 5.71. The van der Waals surface area contributed by atoms with Crippen LogP contribution in [0.4, 0.5) is 24.9 Å². The van der Waals surface area contributed by atoms with Crippen LogP contribution in [0.15, 0.2) is 73.1 Å². The van der Waals surface area contributed by atoms with Gasteiger partial charge < -0.3 is 25.4 Å². The highest BCUT2D eigenvalue weighted by molar-refractivity contribution is 5.84. The van der Waals surface area contributed by atoms with Crippen LogP contribution in [0.2, 0.25) is 0 Å². The van der Waals surface area contributed by atoms with E-state index in [4.69, 9.17) is 15.2 Å². The van der Waals surface area contributed by atoms with Gasteiger partial charge in [0.05, 0.1) is 23.5 Å². The number of pyridine rings is 1. The smallest absolute Gasteiger partial charge is 0.429 e.